The molecular formula is C10H13NO4. The van der Waals surface area contributed by atoms with E-state index in [-0.39, 0.29) is 29.6 Å². The molecule has 5 heteroatoms. The van der Waals surface area contributed by atoms with E-state index in [9.17, 15) is 14.4 Å². The molecule has 2 aliphatic rings. The molecule has 5 nitrogen and oxygen atoms in total. The van der Waals surface area contributed by atoms with Crippen LogP contribution in [0.4, 0.5) is 0 Å². The summed E-state index contributed by atoms with van der Waals surface area (Å²) in [6.07, 6.45) is 0.610. The van der Waals surface area contributed by atoms with Crippen molar-refractivity contribution in [2.75, 3.05) is 0 Å². The molecule has 3 unspecified atom stereocenters. The Labute approximate surface area is 87.1 Å². The van der Waals surface area contributed by atoms with Gasteiger partial charge in [0.1, 0.15) is 6.04 Å². The van der Waals surface area contributed by atoms with Crippen LogP contribution in [0.5, 0.6) is 0 Å². The third-order valence-electron chi connectivity index (χ3n) is 3.06. The largest absolute Gasteiger partial charge is 0.480 e. The van der Waals surface area contributed by atoms with Crippen molar-refractivity contribution in [3.05, 3.63) is 0 Å². The van der Waals surface area contributed by atoms with Gasteiger partial charge in [-0.25, -0.2) is 4.79 Å². The van der Waals surface area contributed by atoms with Crippen LogP contribution in [0, 0.1) is 17.8 Å². The normalized spacial score (nSPS) is 30.7. The Morgan fingerprint density at radius 2 is 1.80 bits per heavy atom. The maximum Gasteiger partial charge on any atom is 0.327 e. The molecule has 1 N–H and O–H groups in total. The van der Waals surface area contributed by atoms with E-state index in [1.54, 1.807) is 13.8 Å². The van der Waals surface area contributed by atoms with Crippen LogP contribution >= 0.6 is 0 Å². The number of fused-ring (bicyclic) bond motifs is 1. The molecule has 0 radical (unpaired) electrons. The summed E-state index contributed by atoms with van der Waals surface area (Å²) in [5.41, 5.74) is 0. The highest BCUT2D eigenvalue weighted by Crippen LogP contribution is 2.48. The Kier molecular flexibility index (Phi) is 2.06. The second-order valence-corrected chi connectivity index (χ2v) is 4.52. The summed E-state index contributed by atoms with van der Waals surface area (Å²) in [6, 6.07) is -1.00. The van der Waals surface area contributed by atoms with E-state index in [1.165, 1.54) is 0 Å². The first-order valence-electron chi connectivity index (χ1n) is 5.05. The zero-order valence-electron chi connectivity index (χ0n) is 8.64. The fourth-order valence-corrected chi connectivity index (χ4v) is 2.17. The maximum absolute atomic E-state index is 11.6. The number of carbonyl (C=O) groups excluding carboxylic acids is 2. The van der Waals surface area contributed by atoms with E-state index >= 15 is 0 Å². The van der Waals surface area contributed by atoms with Gasteiger partial charge in [-0.1, -0.05) is 13.8 Å². The van der Waals surface area contributed by atoms with Crippen LogP contribution in [0.2, 0.25) is 0 Å². The Morgan fingerprint density at radius 3 is 2.13 bits per heavy atom. The molecule has 0 bridgehead atoms. The predicted molar refractivity (Wildman–Crippen MR) is 49.7 cm³/mol. The molecule has 0 aromatic heterocycles. The Balaban J connectivity index is 2.25. The van der Waals surface area contributed by atoms with Gasteiger partial charge in [-0.15, -0.1) is 0 Å². The average Bonchev–Trinajstić information content (AvgIpc) is 2.84. The number of carbonyl (C=O) groups is 3. The highest BCUT2D eigenvalue weighted by Gasteiger charge is 2.61. The van der Waals surface area contributed by atoms with Crippen molar-refractivity contribution in [3.63, 3.8) is 0 Å². The zero-order chi connectivity index (χ0) is 11.3. The Bertz CT molecular complexity index is 329. The summed E-state index contributed by atoms with van der Waals surface area (Å²) in [5, 5.41) is 8.99. The number of likely N-dealkylation sites (tertiary alicyclic amines) is 1. The number of piperidine rings is 1. The van der Waals surface area contributed by atoms with E-state index in [0.29, 0.717) is 6.42 Å². The van der Waals surface area contributed by atoms with Crippen LogP contribution in [-0.2, 0) is 14.4 Å². The first-order valence-corrected chi connectivity index (χ1v) is 5.05. The summed E-state index contributed by atoms with van der Waals surface area (Å²) in [7, 11) is 0. The minimum atomic E-state index is -1.10. The minimum Gasteiger partial charge on any atom is -0.480 e. The van der Waals surface area contributed by atoms with Crippen LogP contribution < -0.4 is 0 Å². The highest BCUT2D eigenvalue weighted by molar-refractivity contribution is 6.11. The summed E-state index contributed by atoms with van der Waals surface area (Å²) in [5.74, 6) is -2.41. The number of hydrogen-bond acceptors (Lipinski definition) is 3. The van der Waals surface area contributed by atoms with E-state index < -0.39 is 12.0 Å². The molecule has 0 aromatic rings. The molecule has 15 heavy (non-hydrogen) atoms. The molecule has 1 aliphatic heterocycles. The second-order valence-electron chi connectivity index (χ2n) is 4.52. The Hall–Kier alpha value is -1.39. The number of hydrogen-bond donors (Lipinski definition) is 1. The maximum atomic E-state index is 11.6. The molecular weight excluding hydrogens is 198 g/mol. The lowest BCUT2D eigenvalue weighted by Gasteiger charge is -2.26. The number of amides is 2. The summed E-state index contributed by atoms with van der Waals surface area (Å²) >= 11 is 0. The van der Waals surface area contributed by atoms with Gasteiger partial charge in [-0.2, -0.15) is 0 Å². The monoisotopic (exact) mass is 211 g/mol. The van der Waals surface area contributed by atoms with Crippen molar-refractivity contribution < 1.29 is 19.5 Å². The molecule has 0 spiro atoms. The molecule has 1 heterocycles. The molecule has 82 valence electrons. The lowest BCUT2D eigenvalue weighted by Crippen LogP contribution is -2.49. The molecule has 1 aliphatic carbocycles. The van der Waals surface area contributed by atoms with Crippen molar-refractivity contribution in [3.8, 4) is 0 Å². The van der Waals surface area contributed by atoms with Gasteiger partial charge in [-0.05, 0) is 12.3 Å². The average molecular weight is 211 g/mol. The first kappa shape index (κ1) is 10.1. The standard InChI is InChI=1S/C10H13NO4/c1-4(2)7(10(14)15)11-8(12)5-3-6(5)9(11)13/h4-7H,3H2,1-2H3,(H,14,15). The number of aliphatic carboxylic acids is 1. The number of carboxylic acid groups (broad SMARTS) is 1. The fraction of sp³-hybridized carbons (Fsp3) is 0.700. The van der Waals surface area contributed by atoms with Crippen LogP contribution in [0.15, 0.2) is 0 Å². The lowest BCUT2D eigenvalue weighted by atomic mass is 10.0. The Morgan fingerprint density at radius 1 is 1.33 bits per heavy atom. The molecule has 2 rings (SSSR count). The van der Waals surface area contributed by atoms with Crippen molar-refractivity contribution in [1.29, 1.82) is 0 Å². The van der Waals surface area contributed by atoms with Crippen LogP contribution in [0.3, 0.4) is 0 Å². The van der Waals surface area contributed by atoms with Crippen molar-refractivity contribution >= 4 is 17.8 Å². The smallest absolute Gasteiger partial charge is 0.327 e. The molecule has 0 aromatic carbocycles. The van der Waals surface area contributed by atoms with Gasteiger partial charge in [0, 0.05) is 0 Å². The molecule has 1 saturated heterocycles. The van der Waals surface area contributed by atoms with Gasteiger partial charge in [0.2, 0.25) is 11.8 Å². The van der Waals surface area contributed by atoms with Gasteiger partial charge < -0.3 is 5.11 Å². The van der Waals surface area contributed by atoms with Gasteiger partial charge >= 0.3 is 5.97 Å². The van der Waals surface area contributed by atoms with Crippen LogP contribution in [0.1, 0.15) is 20.3 Å². The summed E-state index contributed by atoms with van der Waals surface area (Å²) in [6.45, 7) is 3.40. The number of imide groups is 1. The molecule has 2 amide bonds. The molecule has 3 atom stereocenters. The predicted octanol–water partition coefficient (Wildman–Crippen LogP) is 0.100. The van der Waals surface area contributed by atoms with Crippen molar-refractivity contribution in [1.82, 2.24) is 4.90 Å². The number of rotatable bonds is 3. The third kappa shape index (κ3) is 1.33. The summed E-state index contributed by atoms with van der Waals surface area (Å²) in [4.78, 5) is 35.2. The van der Waals surface area contributed by atoms with Crippen LogP contribution in [0.25, 0.3) is 0 Å². The highest BCUT2D eigenvalue weighted by atomic mass is 16.4. The zero-order valence-corrected chi connectivity index (χ0v) is 8.64. The van der Waals surface area contributed by atoms with E-state index in [2.05, 4.69) is 0 Å². The van der Waals surface area contributed by atoms with Gasteiger partial charge in [-0.3, -0.25) is 14.5 Å². The second kappa shape index (κ2) is 3.05. The first-order chi connectivity index (χ1) is 6.95. The lowest BCUT2D eigenvalue weighted by molar-refractivity contribution is -0.157. The number of nitrogens with zero attached hydrogens (tertiary/aromatic N) is 1. The quantitative estimate of drug-likeness (QED) is 0.672. The topological polar surface area (TPSA) is 74.7 Å². The summed E-state index contributed by atoms with van der Waals surface area (Å²) < 4.78 is 0. The number of carboxylic acids is 1. The molecule has 1 saturated carbocycles. The van der Waals surface area contributed by atoms with Crippen molar-refractivity contribution in [2.24, 2.45) is 17.8 Å². The molecule has 2 fully saturated rings. The van der Waals surface area contributed by atoms with Crippen molar-refractivity contribution in [2.45, 2.75) is 26.3 Å². The van der Waals surface area contributed by atoms with Gasteiger partial charge in [0.05, 0.1) is 11.8 Å². The minimum absolute atomic E-state index is 0.224. The van der Waals surface area contributed by atoms with Gasteiger partial charge in [0.25, 0.3) is 0 Å². The SMILES string of the molecule is CC(C)C(C(=O)O)N1C(=O)C2CC2C1=O. The van der Waals surface area contributed by atoms with E-state index in [0.717, 1.165) is 4.90 Å². The van der Waals surface area contributed by atoms with E-state index in [4.69, 9.17) is 5.11 Å². The fourth-order valence-electron chi connectivity index (χ4n) is 2.17. The third-order valence-corrected chi connectivity index (χ3v) is 3.06. The van der Waals surface area contributed by atoms with Crippen LogP contribution in [-0.4, -0.2) is 33.8 Å². The van der Waals surface area contributed by atoms with E-state index in [1.807, 2.05) is 0 Å². The van der Waals surface area contributed by atoms with Gasteiger partial charge in [0.15, 0.2) is 0 Å².